The lowest BCUT2D eigenvalue weighted by molar-refractivity contribution is -0.123. The van der Waals surface area contributed by atoms with Gasteiger partial charge < -0.3 is 5.32 Å². The van der Waals surface area contributed by atoms with Crippen molar-refractivity contribution in [1.82, 2.24) is 9.62 Å². The second-order valence-electron chi connectivity index (χ2n) is 8.49. The van der Waals surface area contributed by atoms with Crippen LogP contribution in [0.4, 0.5) is 0 Å². The van der Waals surface area contributed by atoms with Gasteiger partial charge in [0.05, 0.1) is 12.7 Å². The number of benzene rings is 1. The van der Waals surface area contributed by atoms with Gasteiger partial charge in [-0.2, -0.15) is 4.31 Å². The van der Waals surface area contributed by atoms with Crippen molar-refractivity contribution in [3.8, 4) is 0 Å². The first-order chi connectivity index (χ1) is 13.8. The minimum atomic E-state index is -3.23. The fraction of sp³-hybridized carbons (Fsp3) is 0.545. The van der Waals surface area contributed by atoms with Crippen LogP contribution in [0, 0.1) is 0 Å². The molecule has 3 atom stereocenters. The molecule has 2 bridgehead atoms. The zero-order chi connectivity index (χ0) is 20.6. The van der Waals surface area contributed by atoms with Crippen molar-refractivity contribution in [2.75, 3.05) is 6.26 Å². The molecule has 1 aromatic carbocycles. The van der Waals surface area contributed by atoms with Crippen molar-refractivity contribution in [2.24, 2.45) is 0 Å². The molecule has 1 N–H and O–H groups in total. The van der Waals surface area contributed by atoms with E-state index in [-0.39, 0.29) is 36.2 Å². The fourth-order valence-electron chi connectivity index (χ4n) is 5.31. The lowest BCUT2D eigenvalue weighted by atomic mass is 9.84. The summed E-state index contributed by atoms with van der Waals surface area (Å²) in [4.78, 5) is 25.1. The van der Waals surface area contributed by atoms with E-state index >= 15 is 0 Å². The number of carbonyl (C=O) groups is 2. The second kappa shape index (κ2) is 8.03. The molecule has 1 aromatic rings. The molecule has 2 heterocycles. The van der Waals surface area contributed by atoms with Crippen LogP contribution in [0.15, 0.2) is 35.9 Å². The van der Waals surface area contributed by atoms with Gasteiger partial charge in [-0.1, -0.05) is 36.8 Å². The predicted octanol–water partition coefficient (Wildman–Crippen LogP) is 2.65. The molecule has 1 amide bonds. The molecule has 2 saturated heterocycles. The third-order valence-corrected chi connectivity index (χ3v) is 7.78. The molecule has 6 nitrogen and oxygen atoms in total. The largest absolute Gasteiger partial charge is 0.353 e. The standard InChI is InChI=1S/C22H28N2O4S/c1-29(27,28)24-17-8-5-9-18(24)13-16(12-17)23-22(26)14-20-19(10-11-21(20)25)15-6-3-2-4-7-15/h2-4,6-7,16-18H,5,8-14H2,1H3,(H,23,26)/t16?,17-,18+. The van der Waals surface area contributed by atoms with Crippen LogP contribution in [0.3, 0.4) is 0 Å². The first-order valence-corrected chi connectivity index (χ1v) is 12.3. The van der Waals surface area contributed by atoms with Gasteiger partial charge in [-0.3, -0.25) is 9.59 Å². The molecular formula is C22H28N2O4S. The Bertz CT molecular complexity index is 925. The van der Waals surface area contributed by atoms with E-state index in [0.717, 1.165) is 30.4 Å². The molecule has 0 aromatic heterocycles. The minimum Gasteiger partial charge on any atom is -0.353 e. The van der Waals surface area contributed by atoms with Crippen LogP contribution < -0.4 is 5.32 Å². The van der Waals surface area contributed by atoms with Gasteiger partial charge >= 0.3 is 0 Å². The molecule has 1 aliphatic carbocycles. The minimum absolute atomic E-state index is 0.0324. The van der Waals surface area contributed by atoms with Crippen molar-refractivity contribution in [2.45, 2.75) is 69.5 Å². The Hall–Kier alpha value is -1.99. The van der Waals surface area contributed by atoms with Crippen LogP contribution in [0.25, 0.3) is 5.57 Å². The second-order valence-corrected chi connectivity index (χ2v) is 10.4. The average Bonchev–Trinajstić information content (AvgIpc) is 3.01. The maximum absolute atomic E-state index is 12.8. The molecule has 0 radical (unpaired) electrons. The van der Waals surface area contributed by atoms with E-state index in [2.05, 4.69) is 5.32 Å². The number of ketones is 1. The maximum Gasteiger partial charge on any atom is 0.224 e. The number of hydrogen-bond donors (Lipinski definition) is 1. The zero-order valence-electron chi connectivity index (χ0n) is 16.8. The molecule has 2 aliphatic heterocycles. The average molecular weight is 417 g/mol. The van der Waals surface area contributed by atoms with Crippen LogP contribution in [0.2, 0.25) is 0 Å². The van der Waals surface area contributed by atoms with Crippen LogP contribution in [0.5, 0.6) is 0 Å². The summed E-state index contributed by atoms with van der Waals surface area (Å²) in [5.41, 5.74) is 2.62. The summed E-state index contributed by atoms with van der Waals surface area (Å²) in [5, 5.41) is 3.09. The van der Waals surface area contributed by atoms with E-state index in [0.29, 0.717) is 31.3 Å². The molecular weight excluding hydrogens is 388 g/mol. The number of amides is 1. The van der Waals surface area contributed by atoms with Gasteiger partial charge in [-0.25, -0.2) is 8.42 Å². The van der Waals surface area contributed by atoms with Crippen LogP contribution in [-0.2, 0) is 19.6 Å². The lowest BCUT2D eigenvalue weighted by Gasteiger charge is -2.47. The zero-order valence-corrected chi connectivity index (χ0v) is 17.6. The van der Waals surface area contributed by atoms with E-state index in [1.54, 1.807) is 4.31 Å². The number of rotatable bonds is 5. The molecule has 0 saturated carbocycles. The number of fused-ring (bicyclic) bond motifs is 2. The Kier molecular flexibility index (Phi) is 5.62. The summed E-state index contributed by atoms with van der Waals surface area (Å²) in [6.07, 6.45) is 6.54. The van der Waals surface area contributed by atoms with Crippen LogP contribution in [-0.4, -0.2) is 48.8 Å². The van der Waals surface area contributed by atoms with Crippen molar-refractivity contribution in [1.29, 1.82) is 0 Å². The molecule has 7 heteroatoms. The summed E-state index contributed by atoms with van der Waals surface area (Å²) in [5.74, 6) is -0.0812. The Morgan fingerprint density at radius 1 is 1.10 bits per heavy atom. The molecule has 29 heavy (non-hydrogen) atoms. The van der Waals surface area contributed by atoms with Gasteiger partial charge in [-0.15, -0.1) is 0 Å². The molecule has 3 aliphatic rings. The third kappa shape index (κ3) is 4.31. The molecule has 4 rings (SSSR count). The van der Waals surface area contributed by atoms with E-state index in [1.165, 1.54) is 6.26 Å². The van der Waals surface area contributed by atoms with Crippen LogP contribution in [0.1, 0.15) is 56.9 Å². The summed E-state index contributed by atoms with van der Waals surface area (Å²) in [6.45, 7) is 0. The number of sulfonamides is 1. The first kappa shape index (κ1) is 20.3. The summed E-state index contributed by atoms with van der Waals surface area (Å²) < 4.78 is 26.0. The SMILES string of the molecule is CS(=O)(=O)N1[C@@H]2CCC[C@H]1CC(NC(=O)CC1=C(c3ccccc3)CCC1=O)C2. The molecule has 156 valence electrons. The highest BCUT2D eigenvalue weighted by Crippen LogP contribution is 2.36. The lowest BCUT2D eigenvalue weighted by Crippen LogP contribution is -2.58. The van der Waals surface area contributed by atoms with Crippen molar-refractivity contribution in [3.63, 3.8) is 0 Å². The summed E-state index contributed by atoms with van der Waals surface area (Å²) >= 11 is 0. The number of nitrogens with zero attached hydrogens (tertiary/aromatic N) is 1. The number of piperidine rings is 2. The number of hydrogen-bond acceptors (Lipinski definition) is 4. The van der Waals surface area contributed by atoms with E-state index in [4.69, 9.17) is 0 Å². The molecule has 1 unspecified atom stereocenters. The van der Waals surface area contributed by atoms with E-state index in [1.807, 2.05) is 30.3 Å². The highest BCUT2D eigenvalue weighted by Gasteiger charge is 2.43. The maximum atomic E-state index is 12.8. The van der Waals surface area contributed by atoms with E-state index in [9.17, 15) is 18.0 Å². The quantitative estimate of drug-likeness (QED) is 0.800. The monoisotopic (exact) mass is 416 g/mol. The number of nitrogens with one attached hydrogen (secondary N) is 1. The number of carbonyl (C=O) groups excluding carboxylic acids is 2. The normalized spacial score (nSPS) is 27.9. The van der Waals surface area contributed by atoms with Crippen molar-refractivity contribution >= 4 is 27.3 Å². The Morgan fingerprint density at radius 2 is 1.76 bits per heavy atom. The predicted molar refractivity (Wildman–Crippen MR) is 111 cm³/mol. The number of allylic oxidation sites excluding steroid dienone is 1. The smallest absolute Gasteiger partial charge is 0.224 e. The molecule has 0 spiro atoms. The van der Waals surface area contributed by atoms with Gasteiger partial charge in [0.2, 0.25) is 15.9 Å². The third-order valence-electron chi connectivity index (χ3n) is 6.42. The van der Waals surface area contributed by atoms with E-state index < -0.39 is 10.0 Å². The first-order valence-electron chi connectivity index (χ1n) is 10.4. The Labute approximate surface area is 172 Å². The highest BCUT2D eigenvalue weighted by atomic mass is 32.2. The van der Waals surface area contributed by atoms with Crippen molar-refractivity contribution in [3.05, 3.63) is 41.5 Å². The molecule has 2 fully saturated rings. The Morgan fingerprint density at radius 3 is 2.38 bits per heavy atom. The van der Waals surface area contributed by atoms with Gasteiger partial charge in [0.15, 0.2) is 5.78 Å². The topological polar surface area (TPSA) is 83.6 Å². The highest BCUT2D eigenvalue weighted by molar-refractivity contribution is 7.88. The summed E-state index contributed by atoms with van der Waals surface area (Å²) in [6, 6.07) is 9.68. The van der Waals surface area contributed by atoms with Gasteiger partial charge in [0, 0.05) is 30.1 Å². The number of Topliss-reactive ketones (excluding diaryl/α,β-unsaturated/α-hetero) is 1. The van der Waals surface area contributed by atoms with Gasteiger partial charge in [0.1, 0.15) is 0 Å². The van der Waals surface area contributed by atoms with Crippen LogP contribution >= 0.6 is 0 Å². The van der Waals surface area contributed by atoms with Gasteiger partial charge in [0.25, 0.3) is 0 Å². The fourth-order valence-corrected chi connectivity index (χ4v) is 6.77. The Balaban J connectivity index is 1.44. The van der Waals surface area contributed by atoms with Crippen molar-refractivity contribution < 1.29 is 18.0 Å². The summed E-state index contributed by atoms with van der Waals surface area (Å²) in [7, 11) is -3.23. The van der Waals surface area contributed by atoms with Gasteiger partial charge in [-0.05, 0) is 43.2 Å².